The fourth-order valence-corrected chi connectivity index (χ4v) is 7.62. The van der Waals surface area contributed by atoms with Crippen LogP contribution in [0.4, 0.5) is 0 Å². The van der Waals surface area contributed by atoms with Crippen LogP contribution in [-0.2, 0) is 64.4 Å². The van der Waals surface area contributed by atoms with E-state index in [2.05, 4.69) is 5.32 Å². The molecule has 0 aromatic heterocycles. The molecule has 70 heavy (non-hydrogen) atoms. The minimum Gasteiger partial charge on any atom is -0.506 e. The van der Waals surface area contributed by atoms with E-state index in [0.717, 1.165) is 26.4 Å². The number of allylic oxidation sites excluding steroid dienone is 2. The van der Waals surface area contributed by atoms with Crippen molar-refractivity contribution in [3.8, 4) is 17.2 Å². The van der Waals surface area contributed by atoms with Gasteiger partial charge in [0, 0.05) is 11.4 Å². The molecule has 0 amide bonds. The van der Waals surface area contributed by atoms with Gasteiger partial charge in [-0.1, -0.05) is 121 Å². The molecule has 1 aliphatic rings. The Bertz CT molecular complexity index is 2790. The lowest BCUT2D eigenvalue weighted by Crippen LogP contribution is -2.32. The molecule has 7 rings (SSSR count). The minimum absolute atomic E-state index is 0.0349. The van der Waals surface area contributed by atoms with Gasteiger partial charge in [0.25, 0.3) is 0 Å². The van der Waals surface area contributed by atoms with E-state index in [9.17, 15) is 33.9 Å². The summed E-state index contributed by atoms with van der Waals surface area (Å²) in [5, 5.41) is 14.6. The van der Waals surface area contributed by atoms with Crippen molar-refractivity contribution in [3.63, 3.8) is 0 Å². The maximum Gasteiger partial charge on any atom is 0.342 e. The van der Waals surface area contributed by atoms with E-state index in [1.54, 1.807) is 135 Å². The number of ether oxygens (including phenoxy) is 7. The average molecular weight is 946 g/mol. The average Bonchev–Trinajstić information content (AvgIpc) is 3.39. The zero-order chi connectivity index (χ0) is 49.7. The van der Waals surface area contributed by atoms with E-state index in [1.165, 1.54) is 12.1 Å². The third kappa shape index (κ3) is 11.6. The molecule has 6 aromatic rings. The van der Waals surface area contributed by atoms with Crippen LogP contribution in [0.3, 0.4) is 0 Å². The summed E-state index contributed by atoms with van der Waals surface area (Å²) in [4.78, 5) is 84.3. The van der Waals surface area contributed by atoms with Crippen LogP contribution in [0.25, 0.3) is 0 Å². The van der Waals surface area contributed by atoms with Crippen molar-refractivity contribution in [2.24, 2.45) is 0 Å². The molecular weight excluding hydrogens is 899 g/mol. The number of carbonyl (C=O) groups excluding carboxylic acids is 6. The van der Waals surface area contributed by atoms with Crippen molar-refractivity contribution in [1.29, 1.82) is 0 Å². The molecule has 1 aliphatic heterocycles. The Morgan fingerprint density at radius 1 is 0.457 bits per heavy atom. The van der Waals surface area contributed by atoms with Crippen molar-refractivity contribution in [2.45, 2.75) is 46.2 Å². The van der Waals surface area contributed by atoms with Crippen LogP contribution in [0.2, 0.25) is 0 Å². The lowest BCUT2D eigenvalue weighted by molar-refractivity contribution is -0.137. The van der Waals surface area contributed by atoms with Gasteiger partial charge in [-0.15, -0.1) is 0 Å². The highest BCUT2D eigenvalue weighted by Gasteiger charge is 2.40. The maximum absolute atomic E-state index is 14.7. The predicted molar refractivity (Wildman–Crippen MR) is 252 cm³/mol. The first kappa shape index (κ1) is 48.9. The number of hydrogen-bond donors (Lipinski definition) is 2. The van der Waals surface area contributed by atoms with Gasteiger partial charge in [0.05, 0.1) is 31.3 Å². The molecule has 0 saturated carbocycles. The molecule has 1 heterocycles. The van der Waals surface area contributed by atoms with E-state index < -0.39 is 75.5 Å². The van der Waals surface area contributed by atoms with Crippen LogP contribution in [0.1, 0.15) is 89.0 Å². The van der Waals surface area contributed by atoms with Gasteiger partial charge in [0.1, 0.15) is 60.2 Å². The van der Waals surface area contributed by atoms with Gasteiger partial charge >= 0.3 is 35.8 Å². The van der Waals surface area contributed by atoms with E-state index in [0.29, 0.717) is 33.6 Å². The molecule has 15 heteroatoms. The van der Waals surface area contributed by atoms with Gasteiger partial charge in [0.15, 0.2) is 5.75 Å². The third-order valence-electron chi connectivity index (χ3n) is 11.0. The Morgan fingerprint density at radius 3 is 1.09 bits per heavy atom. The number of aromatic hydroxyl groups is 1. The number of phenolic OH excluding ortho intramolecular Hbond substituents is 1. The molecule has 2 N–H and O–H groups in total. The standard InChI is InChI=1S/C55H47NO14/c1-33-45(54(62)64-3)47(46(34(2)56-33)55(63)65-4)39-25-43(52(60)68-31-37-21-13-7-14-22-37)49(44(26-39)53(61)69-32-38-23-15-8-16-24-38)70-40-27-41(50(58)66-29-35-17-9-5-10-18-35)48(57)42(28-40)51(59)67-30-36-19-11-6-12-20-36/h5-28,47,56-57H,29-32H2,1-4H3. The first-order valence-electron chi connectivity index (χ1n) is 21.8. The molecule has 6 aromatic carbocycles. The molecule has 0 spiro atoms. The zero-order valence-corrected chi connectivity index (χ0v) is 38.5. The molecule has 0 bridgehead atoms. The van der Waals surface area contributed by atoms with Gasteiger partial charge in [-0.05, 0) is 65.9 Å². The van der Waals surface area contributed by atoms with Gasteiger partial charge in [-0.25, -0.2) is 28.8 Å². The van der Waals surface area contributed by atoms with Gasteiger partial charge in [-0.2, -0.15) is 0 Å². The molecule has 0 radical (unpaired) electrons. The molecule has 0 fully saturated rings. The van der Waals surface area contributed by atoms with Gasteiger partial charge < -0.3 is 43.6 Å². The van der Waals surface area contributed by atoms with Crippen molar-refractivity contribution < 1.29 is 67.0 Å². The Labute approximate surface area is 402 Å². The Balaban J connectivity index is 1.43. The molecule has 15 nitrogen and oxygen atoms in total. The number of phenols is 1. The summed E-state index contributed by atoms with van der Waals surface area (Å²) in [7, 11) is 2.32. The highest BCUT2D eigenvalue weighted by Crippen LogP contribution is 2.43. The summed E-state index contributed by atoms with van der Waals surface area (Å²) in [6, 6.07) is 39.6. The van der Waals surface area contributed by atoms with Crippen LogP contribution in [-0.4, -0.2) is 55.1 Å². The van der Waals surface area contributed by atoms with Crippen LogP contribution >= 0.6 is 0 Å². The van der Waals surface area contributed by atoms with Gasteiger partial charge in [0.2, 0.25) is 0 Å². The molecule has 356 valence electrons. The number of carbonyl (C=O) groups is 6. The van der Waals surface area contributed by atoms with Gasteiger partial charge in [-0.3, -0.25) is 0 Å². The second-order valence-corrected chi connectivity index (χ2v) is 15.8. The smallest absolute Gasteiger partial charge is 0.342 e. The van der Waals surface area contributed by atoms with E-state index in [-0.39, 0.29) is 48.9 Å². The monoisotopic (exact) mass is 945 g/mol. The number of esters is 6. The van der Waals surface area contributed by atoms with Crippen LogP contribution < -0.4 is 10.1 Å². The zero-order valence-electron chi connectivity index (χ0n) is 38.5. The van der Waals surface area contributed by atoms with Crippen molar-refractivity contribution in [1.82, 2.24) is 5.32 Å². The highest BCUT2D eigenvalue weighted by atomic mass is 16.6. The normalized spacial score (nSPS) is 12.3. The number of nitrogens with one attached hydrogen (secondary N) is 1. The Kier molecular flexibility index (Phi) is 15.9. The number of hydrogen-bond acceptors (Lipinski definition) is 15. The summed E-state index contributed by atoms with van der Waals surface area (Å²) < 4.78 is 39.7. The Morgan fingerprint density at radius 2 is 0.771 bits per heavy atom. The molecule has 0 aliphatic carbocycles. The molecule has 0 atom stereocenters. The third-order valence-corrected chi connectivity index (χ3v) is 11.0. The molecule has 0 saturated heterocycles. The lowest BCUT2D eigenvalue weighted by atomic mass is 9.79. The molecular formula is C55H47NO14. The number of rotatable bonds is 17. The number of dihydropyridines is 1. The summed E-state index contributed by atoms with van der Waals surface area (Å²) in [5.41, 5.74) is 1.08. The van der Waals surface area contributed by atoms with Crippen LogP contribution in [0, 0.1) is 0 Å². The first-order chi connectivity index (χ1) is 33.9. The fraction of sp³-hybridized carbons (Fsp3) is 0.164. The fourth-order valence-electron chi connectivity index (χ4n) is 7.62. The summed E-state index contributed by atoms with van der Waals surface area (Å²) in [6.07, 6.45) is 0. The van der Waals surface area contributed by atoms with E-state index in [4.69, 9.17) is 33.2 Å². The second kappa shape index (κ2) is 22.7. The highest BCUT2D eigenvalue weighted by molar-refractivity contribution is 6.04. The van der Waals surface area contributed by atoms with E-state index >= 15 is 0 Å². The summed E-state index contributed by atoms with van der Waals surface area (Å²) in [6.45, 7) is 2.25. The summed E-state index contributed by atoms with van der Waals surface area (Å²) >= 11 is 0. The second-order valence-electron chi connectivity index (χ2n) is 15.8. The number of methoxy groups -OCH3 is 2. The van der Waals surface area contributed by atoms with Crippen LogP contribution in [0.5, 0.6) is 17.2 Å². The lowest BCUT2D eigenvalue weighted by Gasteiger charge is -2.30. The SMILES string of the molecule is COC(=O)C1=C(C)NC(C)=C(C(=O)OC)C1c1cc(C(=O)OCc2ccccc2)c(Oc2cc(C(=O)OCc3ccccc3)c(O)c(C(=O)OCc3ccccc3)c2)c(C(=O)OCc2ccccc2)c1. The van der Waals surface area contributed by atoms with Crippen molar-refractivity contribution in [3.05, 3.63) is 218 Å². The predicted octanol–water partition coefficient (Wildman–Crippen LogP) is 9.19. The van der Waals surface area contributed by atoms with E-state index in [1.807, 2.05) is 0 Å². The van der Waals surface area contributed by atoms with Crippen LogP contribution in [0.15, 0.2) is 168 Å². The summed E-state index contributed by atoms with van der Waals surface area (Å²) in [5.74, 6) is -8.86. The largest absolute Gasteiger partial charge is 0.506 e. The number of benzene rings is 6. The quantitative estimate of drug-likeness (QED) is 0.0647. The first-order valence-corrected chi connectivity index (χ1v) is 21.8. The Hall–Kier alpha value is -8.98. The topological polar surface area (TPSA) is 199 Å². The maximum atomic E-state index is 14.7. The minimum atomic E-state index is -1.32. The van der Waals surface area contributed by atoms with Crippen molar-refractivity contribution >= 4 is 35.8 Å². The van der Waals surface area contributed by atoms with Crippen molar-refractivity contribution in [2.75, 3.05) is 14.2 Å². The molecule has 0 unspecified atom stereocenters.